The minimum Gasteiger partial charge on any atom is -0.465 e. The maximum Gasteiger partial charge on any atom is 0.338 e. The first-order valence-electron chi connectivity index (χ1n) is 6.26. The number of aromatic nitrogens is 2. The van der Waals surface area contributed by atoms with Gasteiger partial charge in [0.2, 0.25) is 5.28 Å². The van der Waals surface area contributed by atoms with Crippen molar-refractivity contribution in [2.45, 2.75) is 17.9 Å². The number of carbonyl (C=O) groups excluding carboxylic acids is 1. The van der Waals surface area contributed by atoms with Gasteiger partial charge in [-0.3, -0.25) is 0 Å². The number of methoxy groups -OCH3 is 1. The van der Waals surface area contributed by atoms with Gasteiger partial charge in [-0.05, 0) is 17.7 Å². The highest BCUT2D eigenvalue weighted by Crippen LogP contribution is 2.36. The fourth-order valence-corrected chi connectivity index (χ4v) is 4.07. The van der Waals surface area contributed by atoms with Crippen LogP contribution in [0.25, 0.3) is 0 Å². The molecule has 3 heterocycles. The fourth-order valence-electron chi connectivity index (χ4n) is 2.03. The van der Waals surface area contributed by atoms with Crippen molar-refractivity contribution in [3.8, 4) is 0 Å². The van der Waals surface area contributed by atoms with E-state index in [9.17, 15) is 4.79 Å². The summed E-state index contributed by atoms with van der Waals surface area (Å²) < 4.78 is 4.69. The van der Waals surface area contributed by atoms with Crippen molar-refractivity contribution in [1.29, 1.82) is 0 Å². The smallest absolute Gasteiger partial charge is 0.338 e. The number of hydrogen-bond acceptors (Lipinski definition) is 7. The lowest BCUT2D eigenvalue weighted by Gasteiger charge is -2.08. The first-order chi connectivity index (χ1) is 10.2. The Morgan fingerprint density at radius 2 is 2.38 bits per heavy atom. The first-order valence-corrected chi connectivity index (χ1v) is 8.50. The molecule has 5 nitrogen and oxygen atoms in total. The highest BCUT2D eigenvalue weighted by molar-refractivity contribution is 7.99. The highest BCUT2D eigenvalue weighted by atomic mass is 35.5. The van der Waals surface area contributed by atoms with Crippen LogP contribution in [0.4, 0.5) is 5.82 Å². The summed E-state index contributed by atoms with van der Waals surface area (Å²) in [6.07, 6.45) is 0.919. The second-order valence-corrected chi connectivity index (χ2v) is 6.80. The number of rotatable bonds is 4. The van der Waals surface area contributed by atoms with Crippen LogP contribution in [0.5, 0.6) is 0 Å². The summed E-state index contributed by atoms with van der Waals surface area (Å²) in [4.78, 5) is 22.0. The number of thiophene rings is 1. The normalized spacial score (nSPS) is 13.0. The van der Waals surface area contributed by atoms with Crippen molar-refractivity contribution in [2.24, 2.45) is 0 Å². The third-order valence-corrected chi connectivity index (χ3v) is 5.23. The van der Waals surface area contributed by atoms with Crippen LogP contribution in [0.15, 0.2) is 16.3 Å². The molecule has 0 radical (unpaired) electrons. The molecular weight excluding hydrogens is 330 g/mol. The maximum absolute atomic E-state index is 11.4. The lowest BCUT2D eigenvalue weighted by molar-refractivity contribution is 0.0601. The van der Waals surface area contributed by atoms with Gasteiger partial charge < -0.3 is 10.1 Å². The molecule has 0 fully saturated rings. The monoisotopic (exact) mass is 341 g/mol. The molecule has 0 saturated carbocycles. The molecule has 2 aromatic rings. The fraction of sp³-hybridized carbons (Fsp3) is 0.308. The number of ether oxygens (including phenoxy) is 1. The number of nitrogens with one attached hydrogen (secondary N) is 1. The second kappa shape index (κ2) is 6.21. The van der Waals surface area contributed by atoms with E-state index in [1.165, 1.54) is 18.4 Å². The first kappa shape index (κ1) is 14.6. The molecule has 1 aliphatic heterocycles. The summed E-state index contributed by atoms with van der Waals surface area (Å²) in [6, 6.07) is 1.82. The van der Waals surface area contributed by atoms with Crippen LogP contribution < -0.4 is 5.32 Å². The molecule has 8 heteroatoms. The van der Waals surface area contributed by atoms with E-state index < -0.39 is 0 Å². The molecular formula is C13H12ClN3O2S2. The zero-order valence-electron chi connectivity index (χ0n) is 11.2. The number of carbonyl (C=O) groups is 1. The largest absolute Gasteiger partial charge is 0.465 e. The Bertz CT molecular complexity index is 690. The number of halogens is 1. The number of hydrogen-bond donors (Lipinski definition) is 1. The van der Waals surface area contributed by atoms with Crippen LogP contribution in [0.3, 0.4) is 0 Å². The summed E-state index contributed by atoms with van der Waals surface area (Å²) in [7, 11) is 1.38. The van der Waals surface area contributed by atoms with Crippen LogP contribution in [0.2, 0.25) is 5.28 Å². The van der Waals surface area contributed by atoms with Gasteiger partial charge in [-0.25, -0.2) is 9.78 Å². The van der Waals surface area contributed by atoms with Crippen LogP contribution in [0.1, 0.15) is 20.9 Å². The number of fused-ring (bicyclic) bond motifs is 1. The summed E-state index contributed by atoms with van der Waals surface area (Å²) >= 11 is 9.18. The van der Waals surface area contributed by atoms with E-state index in [1.807, 2.05) is 6.07 Å². The molecule has 0 bridgehead atoms. The van der Waals surface area contributed by atoms with Gasteiger partial charge in [0, 0.05) is 22.4 Å². The van der Waals surface area contributed by atoms with Crippen molar-refractivity contribution in [1.82, 2.24) is 9.97 Å². The average molecular weight is 342 g/mol. The molecule has 3 rings (SSSR count). The molecule has 0 amide bonds. The zero-order valence-corrected chi connectivity index (χ0v) is 13.6. The SMILES string of the molecule is COC(=O)c1csc(CNc2nc(Cl)nc3c2SCC3)c1. The van der Waals surface area contributed by atoms with Crippen molar-refractivity contribution in [3.05, 3.63) is 32.9 Å². The summed E-state index contributed by atoms with van der Waals surface area (Å²) in [5.74, 6) is 1.45. The van der Waals surface area contributed by atoms with Crippen molar-refractivity contribution < 1.29 is 9.53 Å². The Morgan fingerprint density at radius 1 is 1.52 bits per heavy atom. The second-order valence-electron chi connectivity index (χ2n) is 4.36. The Kier molecular flexibility index (Phi) is 4.32. The van der Waals surface area contributed by atoms with Gasteiger partial charge >= 0.3 is 5.97 Å². The van der Waals surface area contributed by atoms with Crippen LogP contribution in [-0.2, 0) is 17.7 Å². The summed E-state index contributed by atoms with van der Waals surface area (Å²) in [5, 5.41) is 5.33. The Morgan fingerprint density at radius 3 is 3.19 bits per heavy atom. The van der Waals surface area contributed by atoms with Gasteiger partial charge in [-0.1, -0.05) is 0 Å². The van der Waals surface area contributed by atoms with E-state index in [0.717, 1.165) is 33.5 Å². The lowest BCUT2D eigenvalue weighted by Crippen LogP contribution is -2.04. The standard InChI is InChI=1S/C13H12ClN3O2S2/c1-19-12(18)7-4-8(21-6-7)5-15-11-10-9(2-3-20-10)16-13(14)17-11/h4,6H,2-3,5H2,1H3,(H,15,16,17). The van der Waals surface area contributed by atoms with Crippen molar-refractivity contribution in [3.63, 3.8) is 0 Å². The van der Waals surface area contributed by atoms with E-state index >= 15 is 0 Å². The lowest BCUT2D eigenvalue weighted by atomic mass is 10.3. The summed E-state index contributed by atoms with van der Waals surface area (Å²) in [6.45, 7) is 0.585. The minimum absolute atomic E-state index is 0.264. The molecule has 0 aromatic carbocycles. The molecule has 1 aliphatic rings. The third-order valence-electron chi connectivity index (χ3n) is 3.00. The molecule has 0 atom stereocenters. The van der Waals surface area contributed by atoms with E-state index in [1.54, 1.807) is 17.1 Å². The Hall–Kier alpha value is -1.31. The molecule has 0 spiro atoms. The van der Waals surface area contributed by atoms with Gasteiger partial charge in [0.15, 0.2) is 0 Å². The van der Waals surface area contributed by atoms with E-state index in [0.29, 0.717) is 12.1 Å². The predicted molar refractivity (Wildman–Crippen MR) is 84.5 cm³/mol. The number of anilines is 1. The topological polar surface area (TPSA) is 64.1 Å². The molecule has 1 N–H and O–H groups in total. The third kappa shape index (κ3) is 3.14. The average Bonchev–Trinajstić information content (AvgIpc) is 3.12. The minimum atomic E-state index is -0.320. The highest BCUT2D eigenvalue weighted by Gasteiger charge is 2.19. The van der Waals surface area contributed by atoms with Gasteiger partial charge in [0.25, 0.3) is 0 Å². The molecule has 0 unspecified atom stereocenters. The van der Waals surface area contributed by atoms with Gasteiger partial charge in [0.05, 0.1) is 29.8 Å². The van der Waals surface area contributed by atoms with Crippen molar-refractivity contribution in [2.75, 3.05) is 18.2 Å². The number of aryl methyl sites for hydroxylation is 1. The zero-order chi connectivity index (χ0) is 14.8. The van der Waals surface area contributed by atoms with Crippen LogP contribution >= 0.6 is 34.7 Å². The predicted octanol–water partition coefficient (Wildman–Crippen LogP) is 3.24. The van der Waals surface area contributed by atoms with Gasteiger partial charge in [0.1, 0.15) is 5.82 Å². The van der Waals surface area contributed by atoms with Crippen molar-refractivity contribution >= 4 is 46.5 Å². The van der Waals surface area contributed by atoms with E-state index in [2.05, 4.69) is 15.3 Å². The van der Waals surface area contributed by atoms with E-state index in [-0.39, 0.29) is 11.3 Å². The molecule has 110 valence electrons. The number of esters is 1. The number of thioether (sulfide) groups is 1. The van der Waals surface area contributed by atoms with Crippen LogP contribution in [0, 0.1) is 0 Å². The molecule has 21 heavy (non-hydrogen) atoms. The molecule has 0 aliphatic carbocycles. The van der Waals surface area contributed by atoms with Gasteiger partial charge in [-0.2, -0.15) is 4.98 Å². The maximum atomic E-state index is 11.4. The quantitative estimate of drug-likeness (QED) is 0.680. The number of nitrogens with zero attached hydrogens (tertiary/aromatic N) is 2. The van der Waals surface area contributed by atoms with Gasteiger partial charge in [-0.15, -0.1) is 23.1 Å². The summed E-state index contributed by atoms with van der Waals surface area (Å²) in [5.41, 5.74) is 1.57. The van der Waals surface area contributed by atoms with Crippen LogP contribution in [-0.4, -0.2) is 28.8 Å². The Labute approximate surface area is 135 Å². The molecule has 0 saturated heterocycles. The van der Waals surface area contributed by atoms with E-state index in [4.69, 9.17) is 16.3 Å². The Balaban J connectivity index is 1.74. The molecule has 2 aromatic heterocycles.